The molecule has 0 atom stereocenters. The number of halogens is 2. The summed E-state index contributed by atoms with van der Waals surface area (Å²) in [4.78, 5) is 31.7. The van der Waals surface area contributed by atoms with Crippen molar-refractivity contribution in [3.05, 3.63) is 65.0 Å². The molecule has 0 unspecified atom stereocenters. The van der Waals surface area contributed by atoms with E-state index in [2.05, 4.69) is 4.98 Å². The maximum Gasteiger partial charge on any atom is 0.309 e. The quantitative estimate of drug-likeness (QED) is 0.577. The summed E-state index contributed by atoms with van der Waals surface area (Å²) in [5.41, 5.74) is 2.46. The van der Waals surface area contributed by atoms with Crippen molar-refractivity contribution in [2.24, 2.45) is 10.8 Å². The first-order chi connectivity index (χ1) is 16.8. The molecule has 2 bridgehead atoms. The lowest BCUT2D eigenvalue weighted by Gasteiger charge is -2.33. The summed E-state index contributed by atoms with van der Waals surface area (Å²) in [6.45, 7) is 1.25. The van der Waals surface area contributed by atoms with E-state index >= 15 is 0 Å². The SMILES string of the molecule is O=C(CC12CCC(C(=O)O)(CC1)C2)N1CCc2c(n(Cc3cc(F)cc(F)c3)c3ncccc23)C1. The van der Waals surface area contributed by atoms with E-state index in [1.165, 1.54) is 12.1 Å². The number of pyridine rings is 1. The zero-order valence-electron chi connectivity index (χ0n) is 19.4. The lowest BCUT2D eigenvalue weighted by Crippen LogP contribution is -2.39. The molecule has 182 valence electrons. The summed E-state index contributed by atoms with van der Waals surface area (Å²) < 4.78 is 29.7. The van der Waals surface area contributed by atoms with Crippen LogP contribution in [-0.2, 0) is 29.1 Å². The van der Waals surface area contributed by atoms with Crippen LogP contribution in [0.2, 0.25) is 0 Å². The van der Waals surface area contributed by atoms with Gasteiger partial charge >= 0.3 is 5.97 Å². The van der Waals surface area contributed by atoms with Gasteiger partial charge < -0.3 is 14.6 Å². The molecule has 2 aliphatic carbocycles. The number of amides is 1. The number of fused-ring (bicyclic) bond motifs is 5. The van der Waals surface area contributed by atoms with Crippen molar-refractivity contribution in [3.8, 4) is 0 Å². The van der Waals surface area contributed by atoms with Crippen LogP contribution in [0, 0.1) is 22.5 Å². The zero-order valence-corrected chi connectivity index (χ0v) is 19.4. The van der Waals surface area contributed by atoms with Crippen LogP contribution in [0.15, 0.2) is 36.5 Å². The minimum absolute atomic E-state index is 0.0558. The van der Waals surface area contributed by atoms with Crippen LogP contribution in [-0.4, -0.2) is 38.0 Å². The van der Waals surface area contributed by atoms with Gasteiger partial charge in [-0.25, -0.2) is 13.8 Å². The molecule has 2 aromatic heterocycles. The number of aliphatic carboxylic acids is 1. The van der Waals surface area contributed by atoms with Gasteiger partial charge in [0.2, 0.25) is 5.91 Å². The molecule has 2 fully saturated rings. The molecule has 3 aromatic rings. The van der Waals surface area contributed by atoms with Gasteiger partial charge in [-0.05, 0) is 79.3 Å². The molecule has 1 aromatic carbocycles. The molecule has 3 aliphatic rings. The Morgan fingerprint density at radius 2 is 1.83 bits per heavy atom. The van der Waals surface area contributed by atoms with E-state index in [4.69, 9.17) is 0 Å². The standard InChI is InChI=1S/C27H27F2N3O3/c28-18-10-17(11-19(29)12-18)14-32-22-15-31(9-3-20(22)21-2-1-8-30-24(21)32)23(33)13-26-4-6-27(16-26,7-5-26)25(34)35/h1-2,8,10-12H,3-7,9,13-16H2,(H,34,35). The molecule has 0 radical (unpaired) electrons. The number of carbonyl (C=O) groups excluding carboxylic acids is 1. The van der Waals surface area contributed by atoms with Crippen molar-refractivity contribution in [3.63, 3.8) is 0 Å². The Labute approximate surface area is 201 Å². The summed E-state index contributed by atoms with van der Waals surface area (Å²) in [5.74, 6) is -1.92. The topological polar surface area (TPSA) is 75.4 Å². The Morgan fingerprint density at radius 1 is 1.09 bits per heavy atom. The van der Waals surface area contributed by atoms with Crippen LogP contribution < -0.4 is 0 Å². The number of hydrogen-bond acceptors (Lipinski definition) is 3. The van der Waals surface area contributed by atoms with E-state index in [1.807, 2.05) is 21.6 Å². The van der Waals surface area contributed by atoms with Gasteiger partial charge in [-0.15, -0.1) is 0 Å². The number of benzene rings is 1. The van der Waals surface area contributed by atoms with Crippen LogP contribution in [0.25, 0.3) is 11.0 Å². The normalized spacial score (nSPS) is 25.3. The summed E-state index contributed by atoms with van der Waals surface area (Å²) in [7, 11) is 0. The van der Waals surface area contributed by atoms with Crippen LogP contribution >= 0.6 is 0 Å². The first-order valence-corrected chi connectivity index (χ1v) is 12.2. The fraction of sp³-hybridized carbons (Fsp3) is 0.444. The second-order valence-corrected chi connectivity index (χ2v) is 10.7. The number of carboxylic acids is 1. The van der Waals surface area contributed by atoms with Gasteiger partial charge in [-0.2, -0.15) is 0 Å². The zero-order chi connectivity index (χ0) is 24.4. The fourth-order valence-corrected chi connectivity index (χ4v) is 6.82. The van der Waals surface area contributed by atoms with E-state index in [-0.39, 0.29) is 17.9 Å². The summed E-state index contributed by atoms with van der Waals surface area (Å²) >= 11 is 0. The van der Waals surface area contributed by atoms with Crippen molar-refractivity contribution >= 4 is 22.9 Å². The van der Waals surface area contributed by atoms with Crippen LogP contribution in [0.5, 0.6) is 0 Å². The Bertz CT molecular complexity index is 1340. The Hall–Kier alpha value is -3.29. The van der Waals surface area contributed by atoms with Gasteiger partial charge in [0.05, 0.1) is 12.0 Å². The first kappa shape index (κ1) is 22.2. The van der Waals surface area contributed by atoms with E-state index < -0.39 is 23.0 Å². The highest BCUT2D eigenvalue weighted by atomic mass is 19.1. The average Bonchev–Trinajstić information content (AvgIpc) is 3.48. The van der Waals surface area contributed by atoms with Crippen molar-refractivity contribution in [2.45, 2.75) is 58.0 Å². The third-order valence-corrected chi connectivity index (χ3v) is 8.59. The minimum atomic E-state index is -0.724. The van der Waals surface area contributed by atoms with Crippen LogP contribution in [0.3, 0.4) is 0 Å². The molecule has 0 spiro atoms. The smallest absolute Gasteiger partial charge is 0.309 e. The monoisotopic (exact) mass is 479 g/mol. The molecule has 0 saturated heterocycles. The van der Waals surface area contributed by atoms with Crippen molar-refractivity contribution in [1.82, 2.24) is 14.5 Å². The maximum absolute atomic E-state index is 13.9. The van der Waals surface area contributed by atoms with Gasteiger partial charge in [0, 0.05) is 42.9 Å². The average molecular weight is 480 g/mol. The first-order valence-electron chi connectivity index (χ1n) is 12.2. The van der Waals surface area contributed by atoms with Gasteiger partial charge in [0.25, 0.3) is 0 Å². The maximum atomic E-state index is 13.9. The Balaban J connectivity index is 1.28. The molecule has 1 amide bonds. The number of rotatable bonds is 5. The van der Waals surface area contributed by atoms with E-state index in [0.717, 1.165) is 41.2 Å². The van der Waals surface area contributed by atoms with Crippen LogP contribution in [0.4, 0.5) is 8.78 Å². The molecule has 1 aliphatic heterocycles. The molecule has 8 heteroatoms. The molecular weight excluding hydrogens is 452 g/mol. The fourth-order valence-electron chi connectivity index (χ4n) is 6.82. The van der Waals surface area contributed by atoms with Crippen molar-refractivity contribution in [1.29, 1.82) is 0 Å². The molecule has 3 heterocycles. The molecule has 6 rings (SSSR count). The van der Waals surface area contributed by atoms with Crippen molar-refractivity contribution < 1.29 is 23.5 Å². The van der Waals surface area contributed by atoms with Gasteiger partial charge in [-0.3, -0.25) is 9.59 Å². The second-order valence-electron chi connectivity index (χ2n) is 10.7. The highest BCUT2D eigenvalue weighted by Crippen LogP contribution is 2.63. The predicted molar refractivity (Wildman–Crippen MR) is 125 cm³/mol. The minimum Gasteiger partial charge on any atom is -0.481 e. The highest BCUT2D eigenvalue weighted by Gasteiger charge is 2.58. The second kappa shape index (κ2) is 7.86. The highest BCUT2D eigenvalue weighted by molar-refractivity contribution is 5.84. The summed E-state index contributed by atoms with van der Waals surface area (Å²) in [6.07, 6.45) is 6.25. The lowest BCUT2D eigenvalue weighted by atomic mass is 9.80. The molecule has 6 nitrogen and oxygen atoms in total. The third-order valence-electron chi connectivity index (χ3n) is 8.59. The molecule has 35 heavy (non-hydrogen) atoms. The van der Waals surface area contributed by atoms with Crippen molar-refractivity contribution in [2.75, 3.05) is 6.54 Å². The number of carbonyl (C=O) groups is 2. The summed E-state index contributed by atoms with van der Waals surface area (Å²) in [5, 5.41) is 10.7. The molecule has 2 saturated carbocycles. The third kappa shape index (κ3) is 3.61. The number of aromatic nitrogens is 2. The number of carboxylic acid groups (broad SMARTS) is 1. The Morgan fingerprint density at radius 3 is 2.51 bits per heavy atom. The Kier molecular flexibility index (Phi) is 4.99. The number of nitrogens with zero attached hydrogens (tertiary/aromatic N) is 3. The number of hydrogen-bond donors (Lipinski definition) is 1. The lowest BCUT2D eigenvalue weighted by molar-refractivity contribution is -0.148. The predicted octanol–water partition coefficient (Wildman–Crippen LogP) is 4.67. The largest absolute Gasteiger partial charge is 0.481 e. The van der Waals surface area contributed by atoms with Gasteiger partial charge in [-0.1, -0.05) is 0 Å². The van der Waals surface area contributed by atoms with E-state index in [9.17, 15) is 23.5 Å². The molecule has 1 N–H and O–H groups in total. The van der Waals surface area contributed by atoms with E-state index in [0.29, 0.717) is 50.8 Å². The van der Waals surface area contributed by atoms with E-state index in [1.54, 1.807) is 6.20 Å². The van der Waals surface area contributed by atoms with Crippen LogP contribution in [0.1, 0.15) is 55.3 Å². The molecular formula is C27H27F2N3O3. The summed E-state index contributed by atoms with van der Waals surface area (Å²) in [6, 6.07) is 7.38. The van der Waals surface area contributed by atoms with Gasteiger partial charge in [0.15, 0.2) is 0 Å². The van der Waals surface area contributed by atoms with Gasteiger partial charge in [0.1, 0.15) is 17.3 Å².